The first-order valence-electron chi connectivity index (χ1n) is 11.4. The Kier molecular flexibility index (Phi) is 9.35. The van der Waals surface area contributed by atoms with Gasteiger partial charge in [0.05, 0.1) is 17.1 Å². The van der Waals surface area contributed by atoms with E-state index in [1.165, 1.54) is 18.2 Å². The fourth-order valence-corrected chi connectivity index (χ4v) is 4.59. The van der Waals surface area contributed by atoms with Gasteiger partial charge in [0, 0.05) is 12.1 Å². The molecule has 37 heavy (non-hydrogen) atoms. The largest absolute Gasteiger partial charge is 0.493 e. The van der Waals surface area contributed by atoms with Gasteiger partial charge in [-0.25, -0.2) is 8.42 Å². The van der Waals surface area contributed by atoms with Gasteiger partial charge >= 0.3 is 12.1 Å². The lowest BCUT2D eigenvalue weighted by molar-refractivity contribution is -0.138. The van der Waals surface area contributed by atoms with Crippen molar-refractivity contribution in [3.63, 3.8) is 0 Å². The number of alkyl halides is 3. The minimum absolute atomic E-state index is 0.00322. The highest BCUT2D eigenvalue weighted by atomic mass is 32.2. The van der Waals surface area contributed by atoms with Gasteiger partial charge in [-0.05, 0) is 66.8 Å². The van der Waals surface area contributed by atoms with E-state index in [9.17, 15) is 26.4 Å². The van der Waals surface area contributed by atoms with Gasteiger partial charge in [0.15, 0.2) is 0 Å². The topological polar surface area (TPSA) is 92.7 Å². The summed E-state index contributed by atoms with van der Waals surface area (Å²) in [7, 11) is -3.95. The fraction of sp³-hybridized carbons (Fsp3) is 0.222. The van der Waals surface area contributed by atoms with Crippen LogP contribution in [0, 0.1) is 0 Å². The Morgan fingerprint density at radius 1 is 1.00 bits per heavy atom. The van der Waals surface area contributed by atoms with Crippen molar-refractivity contribution in [3.8, 4) is 5.75 Å². The van der Waals surface area contributed by atoms with Crippen LogP contribution >= 0.6 is 0 Å². The minimum Gasteiger partial charge on any atom is -0.493 e. The Labute approximate surface area is 213 Å². The second kappa shape index (κ2) is 12.4. The molecule has 0 unspecified atom stereocenters. The average molecular weight is 534 g/mol. The number of sulfonamides is 1. The summed E-state index contributed by atoms with van der Waals surface area (Å²) in [5.41, 5.74) is -0.265. The van der Waals surface area contributed by atoms with Gasteiger partial charge in [-0.1, -0.05) is 48.6 Å². The maximum absolute atomic E-state index is 13.5. The quantitative estimate of drug-likeness (QED) is 0.263. The molecule has 0 bridgehead atoms. The predicted octanol–water partition coefficient (Wildman–Crippen LogP) is 6.40. The molecule has 0 aliphatic carbocycles. The van der Waals surface area contributed by atoms with E-state index in [1.807, 2.05) is 0 Å². The number of ether oxygens (including phenoxy) is 1. The van der Waals surface area contributed by atoms with Crippen LogP contribution in [0.25, 0.3) is 6.08 Å². The number of carboxylic acid groups (broad SMARTS) is 1. The second-order valence-electron chi connectivity index (χ2n) is 8.11. The number of carbonyl (C=O) groups is 1. The van der Waals surface area contributed by atoms with Crippen molar-refractivity contribution >= 4 is 27.8 Å². The molecule has 0 saturated carbocycles. The number of halogens is 3. The molecule has 0 aromatic heterocycles. The monoisotopic (exact) mass is 533 g/mol. The lowest BCUT2D eigenvalue weighted by atomic mass is 10.0. The number of benzene rings is 3. The van der Waals surface area contributed by atoms with E-state index < -0.39 is 27.7 Å². The van der Waals surface area contributed by atoms with Crippen LogP contribution in [0.2, 0.25) is 0 Å². The summed E-state index contributed by atoms with van der Waals surface area (Å²) in [6, 6.07) is 17.7. The summed E-state index contributed by atoms with van der Waals surface area (Å²) in [5.74, 6) is -0.333. The second-order valence-corrected chi connectivity index (χ2v) is 9.80. The molecule has 0 atom stereocenters. The number of rotatable bonds is 12. The highest BCUT2D eigenvalue weighted by Crippen LogP contribution is 2.34. The first-order valence-corrected chi connectivity index (χ1v) is 12.9. The zero-order chi connectivity index (χ0) is 26.9. The van der Waals surface area contributed by atoms with Crippen molar-refractivity contribution in [1.82, 2.24) is 0 Å². The van der Waals surface area contributed by atoms with Crippen molar-refractivity contribution in [2.24, 2.45) is 0 Å². The molecule has 2 N–H and O–H groups in total. The van der Waals surface area contributed by atoms with E-state index in [-0.39, 0.29) is 29.2 Å². The molecule has 196 valence electrons. The normalized spacial score (nSPS) is 12.0. The third-order valence-corrected chi connectivity index (χ3v) is 6.71. The van der Waals surface area contributed by atoms with Gasteiger partial charge in [-0.2, -0.15) is 13.2 Å². The molecule has 10 heteroatoms. The molecule has 6 nitrogen and oxygen atoms in total. The van der Waals surface area contributed by atoms with Gasteiger partial charge in [0.2, 0.25) is 0 Å². The summed E-state index contributed by atoms with van der Waals surface area (Å²) in [6.45, 7) is 0.289. The minimum atomic E-state index is -4.61. The highest BCUT2D eigenvalue weighted by molar-refractivity contribution is 7.92. The SMILES string of the molecule is O=C(O)CCc1ccccc1OCCC/C=C/c1cc(NS(=O)(=O)c2ccccc2)ccc1C(F)(F)F. The lowest BCUT2D eigenvalue weighted by Crippen LogP contribution is -2.14. The van der Waals surface area contributed by atoms with Crippen LogP contribution < -0.4 is 9.46 Å². The molecule has 3 aromatic rings. The molecule has 0 saturated heterocycles. The summed E-state index contributed by atoms with van der Waals surface area (Å²) in [6.07, 6.45) is -0.510. The summed E-state index contributed by atoms with van der Waals surface area (Å²) >= 11 is 0. The van der Waals surface area contributed by atoms with Gasteiger partial charge in [-0.3, -0.25) is 9.52 Å². The molecule has 0 radical (unpaired) electrons. The number of hydrogen-bond acceptors (Lipinski definition) is 4. The maximum atomic E-state index is 13.5. The van der Waals surface area contributed by atoms with Crippen LogP contribution in [0.1, 0.15) is 36.0 Å². The standard InChI is InChI=1S/C27H26F3NO5S/c28-27(29,30)24-16-15-22(31-37(34,35)23-11-4-1-5-12-23)19-21(24)10-3-2-8-18-36-25-13-7-6-9-20(25)14-17-26(32)33/h1,3-7,9-13,15-16,19,31H,2,8,14,17-18H2,(H,32,33)/b10-3+. The van der Waals surface area contributed by atoms with Crippen LogP contribution in [0.3, 0.4) is 0 Å². The summed E-state index contributed by atoms with van der Waals surface area (Å²) < 4.78 is 73.7. The Morgan fingerprint density at radius 2 is 1.70 bits per heavy atom. The van der Waals surface area contributed by atoms with Crippen molar-refractivity contribution < 1.29 is 36.2 Å². The molecule has 0 fully saturated rings. The van der Waals surface area contributed by atoms with E-state index in [2.05, 4.69) is 4.72 Å². The van der Waals surface area contributed by atoms with Gasteiger partial charge in [0.1, 0.15) is 5.75 Å². The molecule has 0 aliphatic rings. The van der Waals surface area contributed by atoms with Crippen LogP contribution in [0.4, 0.5) is 18.9 Å². The van der Waals surface area contributed by atoms with E-state index in [0.29, 0.717) is 25.0 Å². The van der Waals surface area contributed by atoms with Gasteiger partial charge < -0.3 is 9.84 Å². The highest BCUT2D eigenvalue weighted by Gasteiger charge is 2.33. The lowest BCUT2D eigenvalue weighted by Gasteiger charge is -2.14. The van der Waals surface area contributed by atoms with E-state index in [0.717, 1.165) is 23.8 Å². The number of anilines is 1. The van der Waals surface area contributed by atoms with Crippen LogP contribution in [-0.4, -0.2) is 26.1 Å². The van der Waals surface area contributed by atoms with Gasteiger partial charge in [0.25, 0.3) is 10.0 Å². The maximum Gasteiger partial charge on any atom is 0.416 e. The number of unbranched alkanes of at least 4 members (excludes halogenated alkanes) is 1. The number of nitrogens with one attached hydrogen (secondary N) is 1. The Bertz CT molecular complexity index is 1340. The third-order valence-electron chi connectivity index (χ3n) is 5.31. The zero-order valence-electron chi connectivity index (χ0n) is 19.7. The number of allylic oxidation sites excluding steroid dienone is 1. The molecule has 0 aliphatic heterocycles. The zero-order valence-corrected chi connectivity index (χ0v) is 20.6. The van der Waals surface area contributed by atoms with Crippen molar-refractivity contribution in [3.05, 3.63) is 95.6 Å². The Hall–Kier alpha value is -3.79. The first kappa shape index (κ1) is 27.8. The van der Waals surface area contributed by atoms with Crippen molar-refractivity contribution in [2.45, 2.75) is 36.8 Å². The summed E-state index contributed by atoms with van der Waals surface area (Å²) in [5, 5.41) is 8.87. The third kappa shape index (κ3) is 8.38. The first-order chi connectivity index (χ1) is 17.6. The predicted molar refractivity (Wildman–Crippen MR) is 135 cm³/mol. The van der Waals surface area contributed by atoms with Crippen molar-refractivity contribution in [1.29, 1.82) is 0 Å². The number of para-hydroxylation sites is 1. The van der Waals surface area contributed by atoms with Crippen molar-refractivity contribution in [2.75, 3.05) is 11.3 Å². The molecule has 3 aromatic carbocycles. The number of carboxylic acids is 1. The molecule has 0 spiro atoms. The number of aryl methyl sites for hydroxylation is 1. The molecular weight excluding hydrogens is 507 g/mol. The van der Waals surface area contributed by atoms with Crippen LogP contribution in [-0.2, 0) is 27.4 Å². The Morgan fingerprint density at radius 3 is 2.41 bits per heavy atom. The molecule has 0 heterocycles. The number of aliphatic carboxylic acids is 1. The number of hydrogen-bond donors (Lipinski definition) is 2. The van der Waals surface area contributed by atoms with E-state index in [1.54, 1.807) is 48.5 Å². The van der Waals surface area contributed by atoms with Gasteiger partial charge in [-0.15, -0.1) is 0 Å². The molecule has 0 amide bonds. The Balaban J connectivity index is 1.65. The summed E-state index contributed by atoms with van der Waals surface area (Å²) in [4.78, 5) is 10.8. The van der Waals surface area contributed by atoms with E-state index >= 15 is 0 Å². The fourth-order valence-electron chi connectivity index (χ4n) is 3.52. The molecular formula is C27H26F3NO5S. The van der Waals surface area contributed by atoms with Crippen LogP contribution in [0.5, 0.6) is 5.75 Å². The molecule has 3 rings (SSSR count). The van der Waals surface area contributed by atoms with Crippen LogP contribution in [0.15, 0.2) is 83.8 Å². The smallest absolute Gasteiger partial charge is 0.416 e. The average Bonchev–Trinajstić information content (AvgIpc) is 2.85. The van der Waals surface area contributed by atoms with E-state index in [4.69, 9.17) is 9.84 Å².